The molecule has 0 aliphatic carbocycles. The molecule has 0 radical (unpaired) electrons. The highest BCUT2D eigenvalue weighted by Crippen LogP contribution is 2.30. The predicted octanol–water partition coefficient (Wildman–Crippen LogP) is 2.28. The molecule has 0 aliphatic rings. The molecule has 4 nitrogen and oxygen atoms in total. The lowest BCUT2D eigenvalue weighted by Gasteiger charge is -2.14. The van der Waals surface area contributed by atoms with Crippen LogP contribution in [0.4, 0.5) is 5.69 Å². The molecule has 1 aromatic carbocycles. The number of hydrogen-bond donors (Lipinski definition) is 2. The van der Waals surface area contributed by atoms with Crippen molar-refractivity contribution in [2.24, 2.45) is 0 Å². The zero-order valence-electron chi connectivity index (χ0n) is 10.7. The monoisotopic (exact) mass is 239 g/mol. The van der Waals surface area contributed by atoms with E-state index in [1.807, 2.05) is 32.0 Å². The Morgan fingerprint density at radius 2 is 1.82 bits per heavy atom. The number of benzene rings is 1. The van der Waals surface area contributed by atoms with Gasteiger partial charge in [-0.3, -0.25) is 0 Å². The van der Waals surface area contributed by atoms with Gasteiger partial charge in [0.05, 0.1) is 19.3 Å². The minimum Gasteiger partial charge on any atom is -0.490 e. The second kappa shape index (κ2) is 7.01. The third kappa shape index (κ3) is 4.53. The number of anilines is 1. The summed E-state index contributed by atoms with van der Waals surface area (Å²) in [5.41, 5.74) is 0.915. The first-order valence-corrected chi connectivity index (χ1v) is 5.99. The van der Waals surface area contributed by atoms with Crippen LogP contribution in [-0.2, 0) is 0 Å². The van der Waals surface area contributed by atoms with Crippen LogP contribution < -0.4 is 14.8 Å². The third-order valence-electron chi connectivity index (χ3n) is 2.14. The average Bonchev–Trinajstić information content (AvgIpc) is 2.30. The molecule has 0 spiro atoms. The quantitative estimate of drug-likeness (QED) is 0.766. The molecular formula is C13H21NO3. The highest BCUT2D eigenvalue weighted by Gasteiger charge is 2.06. The van der Waals surface area contributed by atoms with Gasteiger partial charge < -0.3 is 19.9 Å². The molecule has 0 bridgehead atoms. The Labute approximate surface area is 103 Å². The van der Waals surface area contributed by atoms with Crippen molar-refractivity contribution in [3.05, 3.63) is 18.2 Å². The van der Waals surface area contributed by atoms with Gasteiger partial charge >= 0.3 is 0 Å². The maximum atomic E-state index is 9.21. The fourth-order valence-electron chi connectivity index (χ4n) is 1.43. The maximum Gasteiger partial charge on any atom is 0.163 e. The molecule has 0 unspecified atom stereocenters. The highest BCUT2D eigenvalue weighted by atomic mass is 16.5. The van der Waals surface area contributed by atoms with Crippen LogP contribution in [0.15, 0.2) is 18.2 Å². The van der Waals surface area contributed by atoms with Gasteiger partial charge in [-0.15, -0.1) is 0 Å². The van der Waals surface area contributed by atoms with Crippen LogP contribution in [0, 0.1) is 0 Å². The van der Waals surface area contributed by atoms with Crippen molar-refractivity contribution in [2.45, 2.75) is 26.9 Å². The fourth-order valence-corrected chi connectivity index (χ4v) is 1.43. The van der Waals surface area contributed by atoms with E-state index in [2.05, 4.69) is 5.32 Å². The number of rotatable bonds is 7. The molecule has 1 atom stereocenters. The molecule has 1 rings (SSSR count). The number of nitrogens with one attached hydrogen (secondary N) is 1. The van der Waals surface area contributed by atoms with Gasteiger partial charge in [0.15, 0.2) is 11.5 Å². The molecule has 2 N–H and O–H groups in total. The fraction of sp³-hybridized carbons (Fsp3) is 0.538. The Bertz CT molecular complexity index is 339. The Balaban J connectivity index is 2.77. The molecule has 0 amide bonds. The molecule has 0 fully saturated rings. The van der Waals surface area contributed by atoms with E-state index in [0.29, 0.717) is 19.8 Å². The van der Waals surface area contributed by atoms with Crippen LogP contribution in [0.3, 0.4) is 0 Å². The van der Waals surface area contributed by atoms with Crippen molar-refractivity contribution in [3.63, 3.8) is 0 Å². The Kier molecular flexibility index (Phi) is 5.63. The lowest BCUT2D eigenvalue weighted by Crippen LogP contribution is -2.15. The van der Waals surface area contributed by atoms with Crippen LogP contribution >= 0.6 is 0 Å². The first-order valence-electron chi connectivity index (χ1n) is 5.99. The van der Waals surface area contributed by atoms with Gasteiger partial charge in [0.1, 0.15) is 0 Å². The van der Waals surface area contributed by atoms with Gasteiger partial charge in [-0.05, 0) is 32.9 Å². The second-order valence-corrected chi connectivity index (χ2v) is 3.76. The summed E-state index contributed by atoms with van der Waals surface area (Å²) in [5.74, 6) is 1.47. The summed E-state index contributed by atoms with van der Waals surface area (Å²) >= 11 is 0. The average molecular weight is 239 g/mol. The van der Waals surface area contributed by atoms with E-state index in [0.717, 1.165) is 17.2 Å². The first kappa shape index (κ1) is 13.6. The van der Waals surface area contributed by atoms with Crippen LogP contribution in [0.5, 0.6) is 11.5 Å². The van der Waals surface area contributed by atoms with Crippen molar-refractivity contribution in [2.75, 3.05) is 25.1 Å². The van der Waals surface area contributed by atoms with Crippen LogP contribution in [0.25, 0.3) is 0 Å². The van der Waals surface area contributed by atoms with Crippen molar-refractivity contribution in [1.82, 2.24) is 0 Å². The predicted molar refractivity (Wildman–Crippen MR) is 69.0 cm³/mol. The van der Waals surface area contributed by atoms with Crippen molar-refractivity contribution in [3.8, 4) is 11.5 Å². The molecule has 96 valence electrons. The van der Waals surface area contributed by atoms with Crippen LogP contribution in [-0.4, -0.2) is 31.0 Å². The smallest absolute Gasteiger partial charge is 0.163 e. The van der Waals surface area contributed by atoms with E-state index < -0.39 is 0 Å². The molecule has 0 aliphatic heterocycles. The molecule has 17 heavy (non-hydrogen) atoms. The molecule has 0 saturated carbocycles. The zero-order chi connectivity index (χ0) is 12.7. The highest BCUT2D eigenvalue weighted by molar-refractivity contribution is 5.54. The van der Waals surface area contributed by atoms with Gasteiger partial charge in [0.2, 0.25) is 0 Å². The van der Waals surface area contributed by atoms with E-state index in [4.69, 9.17) is 9.47 Å². The standard InChI is InChI=1S/C13H21NO3/c1-4-16-12-7-6-11(14-9-10(3)15)8-13(12)17-5-2/h6-8,10,14-15H,4-5,9H2,1-3H3/t10-/m1/s1. The van der Waals surface area contributed by atoms with E-state index in [-0.39, 0.29) is 6.10 Å². The zero-order valence-corrected chi connectivity index (χ0v) is 10.7. The molecule has 0 aromatic heterocycles. The second-order valence-electron chi connectivity index (χ2n) is 3.76. The van der Waals surface area contributed by atoms with Crippen LogP contribution in [0.2, 0.25) is 0 Å². The summed E-state index contributed by atoms with van der Waals surface area (Å²) in [5, 5.41) is 12.3. The lowest BCUT2D eigenvalue weighted by atomic mass is 10.2. The van der Waals surface area contributed by atoms with E-state index >= 15 is 0 Å². The molecular weight excluding hydrogens is 218 g/mol. The molecule has 4 heteroatoms. The van der Waals surface area contributed by atoms with E-state index in [9.17, 15) is 5.11 Å². The topological polar surface area (TPSA) is 50.7 Å². The van der Waals surface area contributed by atoms with Gasteiger partial charge in [-0.1, -0.05) is 0 Å². The van der Waals surface area contributed by atoms with Gasteiger partial charge in [-0.2, -0.15) is 0 Å². The third-order valence-corrected chi connectivity index (χ3v) is 2.14. The normalized spacial score (nSPS) is 12.0. The minimum atomic E-state index is -0.378. The largest absolute Gasteiger partial charge is 0.490 e. The molecule has 0 heterocycles. The maximum absolute atomic E-state index is 9.21. The summed E-state index contributed by atoms with van der Waals surface area (Å²) in [6, 6.07) is 5.67. The Morgan fingerprint density at radius 3 is 2.41 bits per heavy atom. The van der Waals surface area contributed by atoms with E-state index in [1.165, 1.54) is 0 Å². The number of aliphatic hydroxyl groups is 1. The minimum absolute atomic E-state index is 0.378. The summed E-state index contributed by atoms with van der Waals surface area (Å²) in [6.07, 6.45) is -0.378. The van der Waals surface area contributed by atoms with Gasteiger partial charge in [-0.25, -0.2) is 0 Å². The number of aliphatic hydroxyl groups excluding tert-OH is 1. The Hall–Kier alpha value is -1.42. The summed E-state index contributed by atoms with van der Waals surface area (Å²) in [6.45, 7) is 7.34. The van der Waals surface area contributed by atoms with Gasteiger partial charge in [0.25, 0.3) is 0 Å². The summed E-state index contributed by atoms with van der Waals surface area (Å²) < 4.78 is 11.0. The van der Waals surface area contributed by atoms with Crippen molar-refractivity contribution < 1.29 is 14.6 Å². The SMILES string of the molecule is CCOc1ccc(NC[C@@H](C)O)cc1OCC. The molecule has 1 aromatic rings. The van der Waals surface area contributed by atoms with Crippen LogP contribution in [0.1, 0.15) is 20.8 Å². The lowest BCUT2D eigenvalue weighted by molar-refractivity contribution is 0.208. The first-order chi connectivity index (χ1) is 8.17. The summed E-state index contributed by atoms with van der Waals surface area (Å²) in [7, 11) is 0. The van der Waals surface area contributed by atoms with Gasteiger partial charge in [0, 0.05) is 18.3 Å². The Morgan fingerprint density at radius 1 is 1.18 bits per heavy atom. The number of ether oxygens (including phenoxy) is 2. The van der Waals surface area contributed by atoms with Crippen molar-refractivity contribution >= 4 is 5.69 Å². The summed E-state index contributed by atoms with van der Waals surface area (Å²) in [4.78, 5) is 0. The van der Waals surface area contributed by atoms with Crippen molar-refractivity contribution in [1.29, 1.82) is 0 Å². The molecule has 0 saturated heterocycles. The van der Waals surface area contributed by atoms with E-state index in [1.54, 1.807) is 6.92 Å². The number of hydrogen-bond acceptors (Lipinski definition) is 4.